The van der Waals surface area contributed by atoms with Gasteiger partial charge in [0.05, 0.1) is 6.26 Å². The van der Waals surface area contributed by atoms with Crippen molar-refractivity contribution in [1.82, 2.24) is 10.6 Å². The lowest BCUT2D eigenvalue weighted by molar-refractivity contribution is 0.0996. The van der Waals surface area contributed by atoms with E-state index in [-0.39, 0.29) is 29.9 Å². The number of methoxy groups -OCH3 is 1. The molecule has 1 heterocycles. The average Bonchev–Trinajstić information content (AvgIpc) is 3.46. The van der Waals surface area contributed by atoms with Gasteiger partial charge in [0.15, 0.2) is 11.7 Å². The van der Waals surface area contributed by atoms with Gasteiger partial charge in [-0.25, -0.2) is 0 Å². The van der Waals surface area contributed by atoms with Gasteiger partial charge in [-0.3, -0.25) is 9.79 Å². The van der Waals surface area contributed by atoms with Crippen molar-refractivity contribution in [1.29, 1.82) is 0 Å². The normalized spacial score (nSPS) is 15.2. The van der Waals surface area contributed by atoms with Crippen molar-refractivity contribution >= 4 is 41.5 Å². The number of furan rings is 1. The van der Waals surface area contributed by atoms with Crippen LogP contribution in [0, 0.1) is 5.41 Å². The number of nitrogens with one attached hydrogen (secondary N) is 3. The number of ether oxygens (including phenoxy) is 1. The van der Waals surface area contributed by atoms with Crippen molar-refractivity contribution in [3.63, 3.8) is 0 Å². The molecule has 1 aliphatic rings. The number of halogens is 1. The highest BCUT2D eigenvalue weighted by Gasteiger charge is 2.33. The van der Waals surface area contributed by atoms with Gasteiger partial charge >= 0.3 is 0 Å². The number of hydrogen-bond acceptors (Lipinski definition) is 4. The maximum atomic E-state index is 12.0. The third-order valence-corrected chi connectivity index (χ3v) is 5.77. The van der Waals surface area contributed by atoms with Crippen LogP contribution in [0.5, 0.6) is 0 Å². The summed E-state index contributed by atoms with van der Waals surface area (Å²) in [5.41, 5.74) is 2.13. The number of amides is 1. The molecule has 0 bridgehead atoms. The van der Waals surface area contributed by atoms with E-state index in [9.17, 15) is 4.79 Å². The smallest absolute Gasteiger partial charge is 0.291 e. The molecule has 170 valence electrons. The number of benzene rings is 1. The minimum Gasteiger partial charge on any atom is -0.459 e. The fourth-order valence-electron chi connectivity index (χ4n) is 3.94. The molecule has 1 aromatic carbocycles. The molecule has 1 amide bonds. The summed E-state index contributed by atoms with van der Waals surface area (Å²) >= 11 is 0. The minimum atomic E-state index is -0.259. The molecule has 0 aliphatic heterocycles. The molecule has 0 unspecified atom stereocenters. The van der Waals surface area contributed by atoms with Crippen LogP contribution in [0.3, 0.4) is 0 Å². The highest BCUT2D eigenvalue weighted by Crippen LogP contribution is 2.40. The van der Waals surface area contributed by atoms with Gasteiger partial charge in [0.2, 0.25) is 0 Å². The summed E-state index contributed by atoms with van der Waals surface area (Å²) < 4.78 is 10.4. The first kappa shape index (κ1) is 25.2. The number of anilines is 1. The lowest BCUT2D eigenvalue weighted by Crippen LogP contribution is -2.43. The number of carbonyl (C=O) groups excluding carboxylic acids is 1. The van der Waals surface area contributed by atoms with E-state index in [1.165, 1.54) is 31.9 Å². The van der Waals surface area contributed by atoms with Crippen LogP contribution in [0.4, 0.5) is 5.69 Å². The number of rotatable bonds is 9. The summed E-state index contributed by atoms with van der Waals surface area (Å²) in [6.45, 7) is 2.36. The van der Waals surface area contributed by atoms with Crippen molar-refractivity contribution in [2.24, 2.45) is 10.4 Å². The van der Waals surface area contributed by atoms with Crippen molar-refractivity contribution in [2.45, 2.75) is 38.6 Å². The highest BCUT2D eigenvalue weighted by atomic mass is 127. The maximum absolute atomic E-state index is 12.0. The van der Waals surface area contributed by atoms with E-state index in [2.05, 4.69) is 20.9 Å². The summed E-state index contributed by atoms with van der Waals surface area (Å²) in [4.78, 5) is 16.4. The predicted molar refractivity (Wildman–Crippen MR) is 134 cm³/mol. The van der Waals surface area contributed by atoms with Gasteiger partial charge in [0.1, 0.15) is 0 Å². The summed E-state index contributed by atoms with van der Waals surface area (Å²) in [6, 6.07) is 11.1. The fraction of sp³-hybridized carbons (Fsp3) is 0.478. The van der Waals surface area contributed by atoms with Crippen molar-refractivity contribution in [3.8, 4) is 0 Å². The van der Waals surface area contributed by atoms with Crippen molar-refractivity contribution in [3.05, 3.63) is 54.0 Å². The third kappa shape index (κ3) is 7.53. The predicted octanol–water partition coefficient (Wildman–Crippen LogP) is 4.41. The average molecular weight is 540 g/mol. The highest BCUT2D eigenvalue weighted by molar-refractivity contribution is 14.0. The van der Waals surface area contributed by atoms with E-state index in [1.54, 1.807) is 26.3 Å². The van der Waals surface area contributed by atoms with Gasteiger partial charge < -0.3 is 25.1 Å². The Morgan fingerprint density at radius 2 is 1.90 bits per heavy atom. The van der Waals surface area contributed by atoms with E-state index >= 15 is 0 Å². The van der Waals surface area contributed by atoms with E-state index in [0.29, 0.717) is 17.7 Å². The van der Waals surface area contributed by atoms with E-state index < -0.39 is 0 Å². The van der Waals surface area contributed by atoms with E-state index in [0.717, 1.165) is 36.8 Å². The molecule has 3 N–H and O–H groups in total. The van der Waals surface area contributed by atoms with Crippen LogP contribution in [-0.2, 0) is 11.3 Å². The minimum absolute atomic E-state index is 0. The van der Waals surface area contributed by atoms with Gasteiger partial charge in [-0.05, 0) is 54.5 Å². The molecule has 0 radical (unpaired) electrons. The summed E-state index contributed by atoms with van der Waals surface area (Å²) in [5, 5.41) is 9.69. The summed E-state index contributed by atoms with van der Waals surface area (Å²) in [7, 11) is 3.56. The van der Waals surface area contributed by atoms with E-state index in [1.807, 2.05) is 24.3 Å². The molecule has 1 saturated carbocycles. The van der Waals surface area contributed by atoms with Crippen LogP contribution in [0.25, 0.3) is 0 Å². The number of guanidine groups is 1. The van der Waals surface area contributed by atoms with Gasteiger partial charge in [0.25, 0.3) is 5.91 Å². The van der Waals surface area contributed by atoms with Crippen molar-refractivity contribution in [2.75, 3.05) is 32.6 Å². The first-order chi connectivity index (χ1) is 14.6. The Balaban J connectivity index is 0.00000341. The Morgan fingerprint density at radius 3 is 2.52 bits per heavy atom. The first-order valence-electron chi connectivity index (χ1n) is 10.5. The molecule has 0 spiro atoms. The standard InChI is InChI=1S/C23H32N4O3.HI/c1-24-22(26-17-23(13-15-29-2)11-3-4-12-23)25-16-18-7-9-19(10-8-18)27-21(28)20-6-5-14-30-20;/h5-10,14H,3-4,11-13,15-17H2,1-2H3,(H,27,28)(H2,24,25,26);1H. The van der Waals surface area contributed by atoms with Crippen LogP contribution in [0.2, 0.25) is 0 Å². The topological polar surface area (TPSA) is 87.9 Å². The molecular weight excluding hydrogens is 507 g/mol. The van der Waals surface area contributed by atoms with Crippen LogP contribution in [-0.4, -0.2) is 39.2 Å². The second kappa shape index (κ2) is 12.7. The molecule has 1 fully saturated rings. The molecule has 8 heteroatoms. The van der Waals surface area contributed by atoms with Gasteiger partial charge in [0, 0.05) is 39.5 Å². The quantitative estimate of drug-likeness (QED) is 0.249. The second-order valence-electron chi connectivity index (χ2n) is 7.86. The summed E-state index contributed by atoms with van der Waals surface area (Å²) in [6.07, 6.45) is 7.63. The zero-order valence-corrected chi connectivity index (χ0v) is 20.6. The molecule has 0 atom stereocenters. The molecule has 1 aliphatic carbocycles. The molecular formula is C23H33IN4O3. The lowest BCUT2D eigenvalue weighted by atomic mass is 9.83. The zero-order chi connectivity index (χ0) is 21.2. The molecule has 31 heavy (non-hydrogen) atoms. The molecule has 2 aromatic rings. The SMILES string of the molecule is CN=C(NCc1ccc(NC(=O)c2ccco2)cc1)NCC1(CCOC)CCCC1.I. The van der Waals surface area contributed by atoms with Gasteiger partial charge in [-0.2, -0.15) is 0 Å². The fourth-order valence-corrected chi connectivity index (χ4v) is 3.94. The van der Waals surface area contributed by atoms with Crippen LogP contribution >= 0.6 is 24.0 Å². The summed E-state index contributed by atoms with van der Waals surface area (Å²) in [5.74, 6) is 0.833. The molecule has 3 rings (SSSR count). The van der Waals surface area contributed by atoms with Crippen LogP contribution in [0.15, 0.2) is 52.1 Å². The molecule has 7 nitrogen and oxygen atoms in total. The Labute approximate surface area is 201 Å². The number of hydrogen-bond donors (Lipinski definition) is 3. The Bertz CT molecular complexity index is 816. The lowest BCUT2D eigenvalue weighted by Gasteiger charge is -2.30. The number of carbonyl (C=O) groups is 1. The monoisotopic (exact) mass is 540 g/mol. The number of nitrogens with zero attached hydrogens (tertiary/aromatic N) is 1. The Kier molecular flexibility index (Phi) is 10.3. The first-order valence-corrected chi connectivity index (χ1v) is 10.5. The van der Waals surface area contributed by atoms with Gasteiger partial charge in [-0.1, -0.05) is 25.0 Å². The van der Waals surface area contributed by atoms with Gasteiger partial charge in [-0.15, -0.1) is 24.0 Å². The second-order valence-corrected chi connectivity index (χ2v) is 7.86. The Morgan fingerprint density at radius 1 is 1.16 bits per heavy atom. The number of aliphatic imine (C=N–C) groups is 1. The molecule has 0 saturated heterocycles. The molecule has 1 aromatic heterocycles. The Hall–Kier alpha value is -2.07. The van der Waals surface area contributed by atoms with Crippen molar-refractivity contribution < 1.29 is 13.9 Å². The van der Waals surface area contributed by atoms with Crippen LogP contribution in [0.1, 0.15) is 48.2 Å². The van der Waals surface area contributed by atoms with E-state index in [4.69, 9.17) is 9.15 Å². The zero-order valence-electron chi connectivity index (χ0n) is 18.3. The largest absolute Gasteiger partial charge is 0.459 e. The van der Waals surface area contributed by atoms with Crippen LogP contribution < -0.4 is 16.0 Å². The maximum Gasteiger partial charge on any atom is 0.291 e. The third-order valence-electron chi connectivity index (χ3n) is 5.77.